The molecule has 0 bridgehead atoms. The average Bonchev–Trinajstić information content (AvgIpc) is 2.48. The Kier molecular flexibility index (Phi) is 13.1. The van der Waals surface area contributed by atoms with Gasteiger partial charge in [-0.15, -0.1) is 0 Å². The molecule has 96 valence electrons. The quantitative estimate of drug-likeness (QED) is 0.458. The molecular weight excluding hydrogens is 255 g/mol. The third-order valence-corrected chi connectivity index (χ3v) is 2.73. The van der Waals surface area contributed by atoms with E-state index in [0.717, 1.165) is 6.42 Å². The summed E-state index contributed by atoms with van der Waals surface area (Å²) < 4.78 is 0. The van der Waals surface area contributed by atoms with Crippen LogP contribution in [0, 0.1) is 6.92 Å². The van der Waals surface area contributed by atoms with Gasteiger partial charge in [-0.2, -0.15) is 6.42 Å². The first-order valence-corrected chi connectivity index (χ1v) is 6.78. The molecule has 0 radical (unpaired) electrons. The van der Waals surface area contributed by atoms with Crippen molar-refractivity contribution < 1.29 is 51.4 Å². The van der Waals surface area contributed by atoms with Crippen molar-refractivity contribution in [3.8, 4) is 11.1 Å². The largest absolute Gasteiger partial charge is 1.00 e. The minimum absolute atomic E-state index is 0. The van der Waals surface area contributed by atoms with Gasteiger partial charge in [0.1, 0.15) is 0 Å². The van der Waals surface area contributed by atoms with Gasteiger partial charge in [0.15, 0.2) is 0 Å². The van der Waals surface area contributed by atoms with Crippen LogP contribution in [0.15, 0.2) is 60.7 Å². The fraction of sp³-hybridized carbons (Fsp3) is 0.278. The molecule has 0 nitrogen and oxygen atoms in total. The van der Waals surface area contributed by atoms with Crippen LogP contribution in [0.3, 0.4) is 0 Å². The van der Waals surface area contributed by atoms with Crippen LogP contribution in [0.4, 0.5) is 0 Å². The molecule has 2 aromatic carbocycles. The number of hydrogen-bond donors (Lipinski definition) is 0. The Labute approximate surface area is 161 Å². The number of hydrogen-bond acceptors (Lipinski definition) is 0. The standard InChI is InChI=1S/C12H10.C6H13.K/c1-3-7-11(8-4-1)12-9-5-2-6-10-12;1-3-5-6-4-2;/h1-10H;1,3-6H2,2H3;/q;-1;+1. The molecular formula is C18H23K. The molecule has 0 N–H and O–H groups in total. The third kappa shape index (κ3) is 8.77. The Hall–Kier alpha value is 0.0764. The Morgan fingerprint density at radius 1 is 0.737 bits per heavy atom. The van der Waals surface area contributed by atoms with Crippen molar-refractivity contribution in [1.29, 1.82) is 0 Å². The second kappa shape index (κ2) is 13.1. The average molecular weight is 278 g/mol. The van der Waals surface area contributed by atoms with E-state index in [9.17, 15) is 0 Å². The van der Waals surface area contributed by atoms with Crippen molar-refractivity contribution in [2.45, 2.75) is 32.6 Å². The molecule has 0 atom stereocenters. The van der Waals surface area contributed by atoms with Gasteiger partial charge in [-0.25, -0.2) is 0 Å². The summed E-state index contributed by atoms with van der Waals surface area (Å²) in [6, 6.07) is 20.8. The Morgan fingerprint density at radius 3 is 1.42 bits per heavy atom. The summed E-state index contributed by atoms with van der Waals surface area (Å²) in [7, 11) is 0. The number of benzene rings is 2. The smallest absolute Gasteiger partial charge is 0.343 e. The molecule has 2 rings (SSSR count). The van der Waals surface area contributed by atoms with Gasteiger partial charge in [-0.05, 0) is 11.1 Å². The van der Waals surface area contributed by atoms with Crippen LogP contribution in [-0.2, 0) is 0 Å². The van der Waals surface area contributed by atoms with Crippen molar-refractivity contribution in [3.05, 3.63) is 67.6 Å². The maximum absolute atomic E-state index is 3.72. The van der Waals surface area contributed by atoms with Gasteiger partial charge < -0.3 is 6.92 Å². The van der Waals surface area contributed by atoms with E-state index < -0.39 is 0 Å². The Bertz CT molecular complexity index is 353. The van der Waals surface area contributed by atoms with Crippen molar-refractivity contribution >= 4 is 0 Å². The summed E-state index contributed by atoms with van der Waals surface area (Å²) in [6.45, 7) is 5.93. The molecule has 0 saturated carbocycles. The SMILES string of the molecule is [CH2-]CCCCC.[K+].c1ccc(-c2ccccc2)cc1. The molecule has 0 aliphatic carbocycles. The van der Waals surface area contributed by atoms with E-state index in [-0.39, 0.29) is 51.4 Å². The van der Waals surface area contributed by atoms with Gasteiger partial charge in [-0.1, -0.05) is 86.8 Å². The monoisotopic (exact) mass is 278 g/mol. The zero-order chi connectivity index (χ0) is 13.1. The van der Waals surface area contributed by atoms with Gasteiger partial charge in [0.25, 0.3) is 0 Å². The normalized spacial score (nSPS) is 8.95. The maximum Gasteiger partial charge on any atom is 1.00 e. The van der Waals surface area contributed by atoms with Gasteiger partial charge in [0.2, 0.25) is 0 Å². The molecule has 0 aliphatic rings. The van der Waals surface area contributed by atoms with E-state index >= 15 is 0 Å². The molecule has 0 aliphatic heterocycles. The van der Waals surface area contributed by atoms with Crippen LogP contribution in [-0.4, -0.2) is 0 Å². The summed E-state index contributed by atoms with van der Waals surface area (Å²) in [5.74, 6) is 0. The zero-order valence-electron chi connectivity index (χ0n) is 12.3. The molecule has 2 aromatic rings. The molecule has 19 heavy (non-hydrogen) atoms. The van der Waals surface area contributed by atoms with Crippen LogP contribution in [0.25, 0.3) is 11.1 Å². The first-order valence-electron chi connectivity index (χ1n) is 6.78. The van der Waals surface area contributed by atoms with E-state index in [1.807, 2.05) is 12.1 Å². The maximum atomic E-state index is 3.72. The molecule has 0 saturated heterocycles. The zero-order valence-corrected chi connectivity index (χ0v) is 15.4. The fourth-order valence-electron chi connectivity index (χ4n) is 1.69. The van der Waals surface area contributed by atoms with Gasteiger partial charge in [0.05, 0.1) is 0 Å². The topological polar surface area (TPSA) is 0 Å². The van der Waals surface area contributed by atoms with Gasteiger partial charge >= 0.3 is 51.4 Å². The molecule has 0 amide bonds. The summed E-state index contributed by atoms with van der Waals surface area (Å²) in [4.78, 5) is 0. The predicted octanol–water partition coefficient (Wildman–Crippen LogP) is 2.76. The van der Waals surface area contributed by atoms with Crippen molar-refractivity contribution in [2.24, 2.45) is 0 Å². The summed E-state index contributed by atoms with van der Waals surface area (Å²) in [5, 5.41) is 0. The molecule has 1 heteroatoms. The van der Waals surface area contributed by atoms with Crippen LogP contribution in [0.2, 0.25) is 0 Å². The van der Waals surface area contributed by atoms with Crippen LogP contribution < -0.4 is 51.4 Å². The van der Waals surface area contributed by atoms with Gasteiger partial charge in [-0.3, -0.25) is 0 Å². The van der Waals surface area contributed by atoms with E-state index in [1.54, 1.807) is 0 Å². The van der Waals surface area contributed by atoms with E-state index in [0.29, 0.717) is 0 Å². The van der Waals surface area contributed by atoms with Crippen molar-refractivity contribution in [1.82, 2.24) is 0 Å². The molecule has 0 heterocycles. The predicted molar refractivity (Wildman–Crippen MR) is 81.4 cm³/mol. The van der Waals surface area contributed by atoms with Crippen molar-refractivity contribution in [3.63, 3.8) is 0 Å². The molecule has 0 fully saturated rings. The second-order valence-electron chi connectivity index (χ2n) is 4.29. The number of unbranched alkanes of at least 4 members (excludes halogenated alkanes) is 3. The first-order chi connectivity index (χ1) is 8.88. The molecule has 0 aromatic heterocycles. The Balaban J connectivity index is 0.000000404. The Morgan fingerprint density at radius 2 is 1.16 bits per heavy atom. The van der Waals surface area contributed by atoms with E-state index in [1.165, 1.54) is 30.4 Å². The summed E-state index contributed by atoms with van der Waals surface area (Å²) in [5.41, 5.74) is 2.55. The minimum atomic E-state index is 0. The van der Waals surface area contributed by atoms with Crippen molar-refractivity contribution in [2.75, 3.05) is 0 Å². The fourth-order valence-corrected chi connectivity index (χ4v) is 1.69. The third-order valence-electron chi connectivity index (χ3n) is 2.73. The number of rotatable bonds is 4. The summed E-state index contributed by atoms with van der Waals surface area (Å²) in [6.07, 6.45) is 5.07. The van der Waals surface area contributed by atoms with E-state index in [2.05, 4.69) is 62.4 Å². The van der Waals surface area contributed by atoms with E-state index in [4.69, 9.17) is 0 Å². The minimum Gasteiger partial charge on any atom is -0.343 e. The molecule has 0 spiro atoms. The van der Waals surface area contributed by atoms with Crippen LogP contribution in [0.1, 0.15) is 32.6 Å². The first kappa shape index (κ1) is 19.1. The molecule has 0 unspecified atom stereocenters. The summed E-state index contributed by atoms with van der Waals surface area (Å²) >= 11 is 0. The van der Waals surface area contributed by atoms with Crippen LogP contribution >= 0.6 is 0 Å². The second-order valence-corrected chi connectivity index (χ2v) is 4.29. The van der Waals surface area contributed by atoms with Crippen LogP contribution in [0.5, 0.6) is 0 Å². The van der Waals surface area contributed by atoms with Gasteiger partial charge in [0, 0.05) is 0 Å².